The van der Waals surface area contributed by atoms with Crippen molar-refractivity contribution in [1.29, 1.82) is 0 Å². The van der Waals surface area contributed by atoms with E-state index >= 15 is 0 Å². The van der Waals surface area contributed by atoms with E-state index in [4.69, 9.17) is 11.6 Å². The number of amides is 2. The molecule has 1 aromatic heterocycles. The Balaban J connectivity index is 1.47. The van der Waals surface area contributed by atoms with E-state index in [0.717, 1.165) is 17.5 Å². The van der Waals surface area contributed by atoms with Gasteiger partial charge < -0.3 is 10.6 Å². The molecule has 3 aromatic rings. The molecule has 4 nitrogen and oxygen atoms in total. The molecule has 0 spiro atoms. The third-order valence-electron chi connectivity index (χ3n) is 5.22. The largest absolute Gasteiger partial charge is 0.341 e. The SMILES string of the molecule is C[C@@H]1C[C@@H]1C(=O)Nc1ccc(C(=O)N[C@@H](c2ccc(Cl)cc2)c2ccsc2)cc1. The van der Waals surface area contributed by atoms with Gasteiger partial charge >= 0.3 is 0 Å². The predicted octanol–water partition coefficient (Wildman–Crippen LogP) is 5.52. The van der Waals surface area contributed by atoms with Crippen molar-refractivity contribution in [1.82, 2.24) is 5.32 Å². The molecule has 0 radical (unpaired) electrons. The van der Waals surface area contributed by atoms with E-state index in [0.29, 0.717) is 22.2 Å². The zero-order valence-corrected chi connectivity index (χ0v) is 17.5. The third-order valence-corrected chi connectivity index (χ3v) is 6.17. The van der Waals surface area contributed by atoms with Crippen molar-refractivity contribution >= 4 is 40.4 Å². The van der Waals surface area contributed by atoms with Crippen LogP contribution in [0.25, 0.3) is 0 Å². The molecule has 6 heteroatoms. The van der Waals surface area contributed by atoms with E-state index in [1.807, 2.05) is 41.1 Å². The van der Waals surface area contributed by atoms with Crippen LogP contribution < -0.4 is 10.6 Å². The minimum absolute atomic E-state index is 0.0509. The molecule has 1 aliphatic carbocycles. The number of carbonyl (C=O) groups excluding carboxylic acids is 2. The molecule has 1 fully saturated rings. The summed E-state index contributed by atoms with van der Waals surface area (Å²) in [6.45, 7) is 2.07. The van der Waals surface area contributed by atoms with Gasteiger partial charge in [0.25, 0.3) is 5.91 Å². The molecule has 0 aliphatic heterocycles. The first kappa shape index (κ1) is 19.7. The summed E-state index contributed by atoms with van der Waals surface area (Å²) in [4.78, 5) is 24.9. The van der Waals surface area contributed by atoms with Crippen molar-refractivity contribution < 1.29 is 9.59 Å². The number of anilines is 1. The second-order valence-corrected chi connectivity index (χ2v) is 8.62. The highest BCUT2D eigenvalue weighted by Crippen LogP contribution is 2.38. The Morgan fingerprint density at radius 2 is 1.72 bits per heavy atom. The number of hydrogen-bond acceptors (Lipinski definition) is 3. The first-order chi connectivity index (χ1) is 14.0. The van der Waals surface area contributed by atoms with Crippen molar-refractivity contribution in [2.75, 3.05) is 5.32 Å². The van der Waals surface area contributed by atoms with Crippen LogP contribution in [0.15, 0.2) is 65.4 Å². The Morgan fingerprint density at radius 1 is 1.03 bits per heavy atom. The lowest BCUT2D eigenvalue weighted by Gasteiger charge is -2.19. The lowest BCUT2D eigenvalue weighted by atomic mass is 10.0. The lowest BCUT2D eigenvalue weighted by molar-refractivity contribution is -0.117. The Labute approximate surface area is 178 Å². The van der Waals surface area contributed by atoms with Crippen molar-refractivity contribution in [2.45, 2.75) is 19.4 Å². The summed E-state index contributed by atoms with van der Waals surface area (Å²) in [7, 11) is 0. The molecule has 3 atom stereocenters. The number of benzene rings is 2. The first-order valence-electron chi connectivity index (χ1n) is 9.50. The first-order valence-corrected chi connectivity index (χ1v) is 10.8. The van der Waals surface area contributed by atoms with E-state index in [2.05, 4.69) is 17.6 Å². The number of thiophene rings is 1. The normalized spacial score (nSPS) is 18.7. The van der Waals surface area contributed by atoms with Gasteiger partial charge in [-0.05, 0) is 76.7 Å². The van der Waals surface area contributed by atoms with Gasteiger partial charge in [-0.25, -0.2) is 0 Å². The average Bonchev–Trinajstić information content (AvgIpc) is 3.22. The lowest BCUT2D eigenvalue weighted by Crippen LogP contribution is -2.29. The zero-order valence-electron chi connectivity index (χ0n) is 15.9. The van der Waals surface area contributed by atoms with Crippen LogP contribution in [0.4, 0.5) is 5.69 Å². The van der Waals surface area contributed by atoms with Crippen LogP contribution in [0.5, 0.6) is 0 Å². The molecule has 1 heterocycles. The second-order valence-electron chi connectivity index (χ2n) is 7.40. The quantitative estimate of drug-likeness (QED) is 0.547. The highest BCUT2D eigenvalue weighted by Gasteiger charge is 2.39. The number of rotatable bonds is 6. The summed E-state index contributed by atoms with van der Waals surface area (Å²) in [6.07, 6.45) is 0.945. The Kier molecular flexibility index (Phi) is 5.69. The highest BCUT2D eigenvalue weighted by molar-refractivity contribution is 7.08. The standard InChI is InChI=1S/C23H21ClN2O2S/c1-14-12-20(14)23(28)25-19-8-4-16(5-9-19)22(27)26-21(17-10-11-29-13-17)15-2-6-18(24)7-3-15/h2-11,13-14,20-21H,12H2,1H3,(H,25,28)(H,26,27)/t14-,20+,21+/m1/s1. The maximum Gasteiger partial charge on any atom is 0.252 e. The molecule has 1 aliphatic rings. The summed E-state index contributed by atoms with van der Waals surface area (Å²) >= 11 is 7.60. The molecule has 2 aromatic carbocycles. The molecular formula is C23H21ClN2O2S. The van der Waals surface area contributed by atoms with Gasteiger partial charge in [-0.3, -0.25) is 9.59 Å². The highest BCUT2D eigenvalue weighted by atomic mass is 35.5. The predicted molar refractivity (Wildman–Crippen MR) is 117 cm³/mol. The van der Waals surface area contributed by atoms with E-state index in [1.54, 1.807) is 35.6 Å². The van der Waals surface area contributed by atoms with Crippen LogP contribution in [0, 0.1) is 11.8 Å². The number of nitrogens with one attached hydrogen (secondary N) is 2. The van der Waals surface area contributed by atoms with E-state index in [1.165, 1.54) is 0 Å². The number of carbonyl (C=O) groups is 2. The van der Waals surface area contributed by atoms with Crippen molar-refractivity contribution in [2.24, 2.45) is 11.8 Å². The van der Waals surface area contributed by atoms with E-state index < -0.39 is 0 Å². The molecule has 0 saturated heterocycles. The molecule has 0 unspecified atom stereocenters. The molecule has 2 N–H and O–H groups in total. The number of halogens is 1. The zero-order chi connectivity index (χ0) is 20.4. The minimum Gasteiger partial charge on any atom is -0.341 e. The van der Waals surface area contributed by atoms with Crippen molar-refractivity contribution in [3.63, 3.8) is 0 Å². The fourth-order valence-corrected chi connectivity index (χ4v) is 4.11. The van der Waals surface area contributed by atoms with Crippen LogP contribution >= 0.6 is 22.9 Å². The van der Waals surface area contributed by atoms with Crippen LogP contribution in [0.3, 0.4) is 0 Å². The van der Waals surface area contributed by atoms with Crippen LogP contribution in [0.2, 0.25) is 5.02 Å². The van der Waals surface area contributed by atoms with Gasteiger partial charge in [0, 0.05) is 22.2 Å². The van der Waals surface area contributed by atoms with Gasteiger partial charge in [-0.1, -0.05) is 30.7 Å². The number of hydrogen-bond donors (Lipinski definition) is 2. The minimum atomic E-state index is -0.262. The van der Waals surface area contributed by atoms with Gasteiger partial charge in [0.1, 0.15) is 0 Å². The fourth-order valence-electron chi connectivity index (χ4n) is 3.30. The molecule has 1 saturated carbocycles. The molecule has 0 bridgehead atoms. The van der Waals surface area contributed by atoms with Gasteiger partial charge in [-0.15, -0.1) is 0 Å². The monoisotopic (exact) mass is 424 g/mol. The van der Waals surface area contributed by atoms with Crippen molar-refractivity contribution in [3.8, 4) is 0 Å². The molecule has 29 heavy (non-hydrogen) atoms. The maximum absolute atomic E-state index is 12.9. The van der Waals surface area contributed by atoms with Gasteiger partial charge in [0.05, 0.1) is 6.04 Å². The molecular weight excluding hydrogens is 404 g/mol. The Bertz CT molecular complexity index is 1000. The Morgan fingerprint density at radius 3 is 2.31 bits per heavy atom. The topological polar surface area (TPSA) is 58.2 Å². The average molecular weight is 425 g/mol. The van der Waals surface area contributed by atoms with Crippen LogP contribution in [-0.4, -0.2) is 11.8 Å². The molecule has 2 amide bonds. The molecule has 148 valence electrons. The summed E-state index contributed by atoms with van der Waals surface area (Å²) in [6, 6.07) is 16.2. The molecule has 4 rings (SSSR count). The summed E-state index contributed by atoms with van der Waals surface area (Å²) in [5, 5.41) is 10.7. The van der Waals surface area contributed by atoms with Gasteiger partial charge in [0.15, 0.2) is 0 Å². The van der Waals surface area contributed by atoms with Gasteiger partial charge in [-0.2, -0.15) is 11.3 Å². The maximum atomic E-state index is 12.9. The smallest absolute Gasteiger partial charge is 0.252 e. The Hall–Kier alpha value is -2.63. The summed E-state index contributed by atoms with van der Waals surface area (Å²) in [5.74, 6) is 0.450. The second kappa shape index (κ2) is 8.39. The van der Waals surface area contributed by atoms with Crippen molar-refractivity contribution in [3.05, 3.63) is 87.1 Å². The van der Waals surface area contributed by atoms with Crippen LogP contribution in [0.1, 0.15) is 40.9 Å². The van der Waals surface area contributed by atoms with Crippen LogP contribution in [-0.2, 0) is 4.79 Å². The summed E-state index contributed by atoms with van der Waals surface area (Å²) in [5.41, 5.74) is 3.23. The third kappa shape index (κ3) is 4.69. The van der Waals surface area contributed by atoms with E-state index in [9.17, 15) is 9.59 Å². The van der Waals surface area contributed by atoms with E-state index in [-0.39, 0.29) is 23.8 Å². The van der Waals surface area contributed by atoms with Gasteiger partial charge in [0.2, 0.25) is 5.91 Å². The summed E-state index contributed by atoms with van der Waals surface area (Å²) < 4.78 is 0. The fraction of sp³-hybridized carbons (Fsp3) is 0.217.